The molecule has 5 heteroatoms. The summed E-state index contributed by atoms with van der Waals surface area (Å²) in [5, 5.41) is 4.21. The normalized spacial score (nSPS) is 17.0. The summed E-state index contributed by atoms with van der Waals surface area (Å²) in [5.74, 6) is 1.23. The molecule has 1 saturated heterocycles. The highest BCUT2D eigenvalue weighted by Gasteiger charge is 2.36. The molecule has 5 nitrogen and oxygen atoms in total. The summed E-state index contributed by atoms with van der Waals surface area (Å²) in [6, 6.07) is 14.5. The van der Waals surface area contributed by atoms with Gasteiger partial charge in [0, 0.05) is 18.5 Å². The first-order chi connectivity index (χ1) is 14.2. The SMILES string of the molecule is Cc1ccc(C)c(-c2noc(C3CCC(=O)N3Cc3ccc(C(C)(C)C)cc3)n2)c1. The van der Waals surface area contributed by atoms with Gasteiger partial charge in [0.25, 0.3) is 0 Å². The number of carbonyl (C=O) groups is 1. The van der Waals surface area contributed by atoms with Crippen LogP contribution in [0.2, 0.25) is 0 Å². The van der Waals surface area contributed by atoms with Crippen LogP contribution in [-0.2, 0) is 16.8 Å². The van der Waals surface area contributed by atoms with E-state index in [1.54, 1.807) is 0 Å². The molecule has 4 rings (SSSR count). The number of aryl methyl sites for hydroxylation is 2. The minimum Gasteiger partial charge on any atom is -0.337 e. The van der Waals surface area contributed by atoms with Crippen molar-refractivity contribution in [3.63, 3.8) is 0 Å². The Labute approximate surface area is 178 Å². The largest absolute Gasteiger partial charge is 0.337 e. The van der Waals surface area contributed by atoms with E-state index in [-0.39, 0.29) is 17.4 Å². The quantitative estimate of drug-likeness (QED) is 0.576. The van der Waals surface area contributed by atoms with Gasteiger partial charge >= 0.3 is 0 Å². The maximum Gasteiger partial charge on any atom is 0.249 e. The van der Waals surface area contributed by atoms with E-state index in [0.29, 0.717) is 31.1 Å². The van der Waals surface area contributed by atoms with Crippen molar-refractivity contribution in [1.82, 2.24) is 15.0 Å². The van der Waals surface area contributed by atoms with E-state index in [1.807, 2.05) is 18.7 Å². The van der Waals surface area contributed by atoms with E-state index >= 15 is 0 Å². The molecule has 1 aliphatic heterocycles. The van der Waals surface area contributed by atoms with Crippen LogP contribution in [0.1, 0.15) is 67.8 Å². The third kappa shape index (κ3) is 4.02. The zero-order valence-electron chi connectivity index (χ0n) is 18.4. The lowest BCUT2D eigenvalue weighted by atomic mass is 9.87. The Hall–Kier alpha value is -2.95. The number of benzene rings is 2. The van der Waals surface area contributed by atoms with Crippen molar-refractivity contribution in [1.29, 1.82) is 0 Å². The van der Waals surface area contributed by atoms with Crippen LogP contribution in [0, 0.1) is 13.8 Å². The van der Waals surface area contributed by atoms with Gasteiger partial charge in [-0.3, -0.25) is 4.79 Å². The topological polar surface area (TPSA) is 59.2 Å². The Kier molecular flexibility index (Phi) is 5.22. The fraction of sp³-hybridized carbons (Fsp3) is 0.400. The van der Waals surface area contributed by atoms with Gasteiger partial charge in [0.15, 0.2) is 0 Å². The molecule has 0 aliphatic carbocycles. The molecule has 3 aromatic rings. The highest BCUT2D eigenvalue weighted by atomic mass is 16.5. The van der Waals surface area contributed by atoms with Crippen molar-refractivity contribution in [2.45, 2.75) is 65.5 Å². The number of amides is 1. The molecule has 30 heavy (non-hydrogen) atoms. The van der Waals surface area contributed by atoms with Crippen LogP contribution in [0.4, 0.5) is 0 Å². The molecular weight excluding hydrogens is 374 g/mol. The Bertz CT molecular complexity index is 1060. The number of hydrogen-bond acceptors (Lipinski definition) is 4. The number of carbonyl (C=O) groups excluding carboxylic acids is 1. The second kappa shape index (κ2) is 7.71. The summed E-state index contributed by atoms with van der Waals surface area (Å²) in [6.45, 7) is 11.2. The average Bonchev–Trinajstić information content (AvgIpc) is 3.31. The first kappa shape index (κ1) is 20.3. The monoisotopic (exact) mass is 403 g/mol. The molecule has 0 N–H and O–H groups in total. The minimum atomic E-state index is -0.175. The molecule has 1 fully saturated rings. The van der Waals surface area contributed by atoms with Crippen molar-refractivity contribution in [3.8, 4) is 11.4 Å². The van der Waals surface area contributed by atoms with Crippen molar-refractivity contribution in [3.05, 3.63) is 70.6 Å². The second-order valence-electron chi connectivity index (χ2n) is 9.30. The van der Waals surface area contributed by atoms with Crippen molar-refractivity contribution in [2.24, 2.45) is 0 Å². The van der Waals surface area contributed by atoms with Gasteiger partial charge < -0.3 is 9.42 Å². The summed E-state index contributed by atoms with van der Waals surface area (Å²) >= 11 is 0. The molecule has 0 radical (unpaired) electrons. The van der Waals surface area contributed by atoms with E-state index in [0.717, 1.165) is 22.3 Å². The molecule has 2 aromatic carbocycles. The molecule has 1 aliphatic rings. The van der Waals surface area contributed by atoms with E-state index in [2.05, 4.69) is 73.4 Å². The van der Waals surface area contributed by atoms with Crippen LogP contribution in [0.3, 0.4) is 0 Å². The molecule has 0 bridgehead atoms. The third-order valence-electron chi connectivity index (χ3n) is 5.86. The summed E-state index contributed by atoms with van der Waals surface area (Å²) in [5.41, 5.74) is 5.73. The molecular formula is C25H29N3O2. The number of rotatable bonds is 4. The van der Waals surface area contributed by atoms with Gasteiger partial charge in [-0.05, 0) is 48.4 Å². The second-order valence-corrected chi connectivity index (χ2v) is 9.30. The lowest BCUT2D eigenvalue weighted by Crippen LogP contribution is -2.27. The molecule has 0 spiro atoms. The minimum absolute atomic E-state index is 0.110. The average molecular weight is 404 g/mol. The molecule has 1 unspecified atom stereocenters. The maximum atomic E-state index is 12.6. The molecule has 1 atom stereocenters. The van der Waals surface area contributed by atoms with E-state index in [9.17, 15) is 4.79 Å². The van der Waals surface area contributed by atoms with Gasteiger partial charge in [-0.1, -0.05) is 67.9 Å². The van der Waals surface area contributed by atoms with E-state index in [4.69, 9.17) is 4.52 Å². The van der Waals surface area contributed by atoms with Crippen LogP contribution in [0.15, 0.2) is 47.0 Å². The zero-order valence-corrected chi connectivity index (χ0v) is 18.4. The maximum absolute atomic E-state index is 12.6. The highest BCUT2D eigenvalue weighted by molar-refractivity contribution is 5.79. The highest BCUT2D eigenvalue weighted by Crippen LogP contribution is 2.35. The Balaban J connectivity index is 1.56. The van der Waals surface area contributed by atoms with Crippen molar-refractivity contribution >= 4 is 5.91 Å². The zero-order chi connectivity index (χ0) is 21.5. The van der Waals surface area contributed by atoms with E-state index in [1.165, 1.54) is 5.56 Å². The Morgan fingerprint density at radius 3 is 2.53 bits per heavy atom. The fourth-order valence-electron chi connectivity index (χ4n) is 3.95. The smallest absolute Gasteiger partial charge is 0.249 e. The lowest BCUT2D eigenvalue weighted by Gasteiger charge is -2.23. The van der Waals surface area contributed by atoms with Crippen molar-refractivity contribution < 1.29 is 9.32 Å². The van der Waals surface area contributed by atoms with Crippen LogP contribution < -0.4 is 0 Å². The van der Waals surface area contributed by atoms with Gasteiger partial charge in [-0.15, -0.1) is 0 Å². The summed E-state index contributed by atoms with van der Waals surface area (Å²) < 4.78 is 5.62. The van der Waals surface area contributed by atoms with Crippen LogP contribution in [0.5, 0.6) is 0 Å². The van der Waals surface area contributed by atoms with Crippen LogP contribution in [-0.4, -0.2) is 20.9 Å². The summed E-state index contributed by atoms with van der Waals surface area (Å²) in [6.07, 6.45) is 1.21. The molecule has 0 saturated carbocycles. The summed E-state index contributed by atoms with van der Waals surface area (Å²) in [4.78, 5) is 19.1. The Morgan fingerprint density at radius 1 is 1.10 bits per heavy atom. The number of aromatic nitrogens is 2. The number of likely N-dealkylation sites (tertiary alicyclic amines) is 1. The van der Waals surface area contributed by atoms with Gasteiger partial charge in [0.05, 0.1) is 0 Å². The molecule has 2 heterocycles. The summed E-state index contributed by atoms with van der Waals surface area (Å²) in [7, 11) is 0. The fourth-order valence-corrected chi connectivity index (χ4v) is 3.95. The number of hydrogen-bond donors (Lipinski definition) is 0. The van der Waals surface area contributed by atoms with Gasteiger partial charge in [-0.2, -0.15) is 4.98 Å². The standard InChI is InChI=1S/C25H29N3O2/c1-16-6-7-17(2)20(14-16)23-26-24(30-27-23)21-12-13-22(29)28(21)15-18-8-10-19(11-9-18)25(3,4)5/h6-11,14,21H,12-13,15H2,1-5H3. The van der Waals surface area contributed by atoms with Crippen molar-refractivity contribution in [2.75, 3.05) is 0 Å². The van der Waals surface area contributed by atoms with Gasteiger partial charge in [0.1, 0.15) is 6.04 Å². The van der Waals surface area contributed by atoms with Gasteiger partial charge in [-0.25, -0.2) is 0 Å². The molecule has 156 valence electrons. The van der Waals surface area contributed by atoms with Gasteiger partial charge in [0.2, 0.25) is 17.6 Å². The number of nitrogens with zero attached hydrogens (tertiary/aromatic N) is 3. The van der Waals surface area contributed by atoms with Crippen LogP contribution >= 0.6 is 0 Å². The van der Waals surface area contributed by atoms with Crippen LogP contribution in [0.25, 0.3) is 11.4 Å². The predicted octanol–water partition coefficient (Wildman–Crippen LogP) is 5.51. The lowest BCUT2D eigenvalue weighted by molar-refractivity contribution is -0.129. The molecule has 1 amide bonds. The first-order valence-corrected chi connectivity index (χ1v) is 10.5. The third-order valence-corrected chi connectivity index (χ3v) is 5.86. The predicted molar refractivity (Wildman–Crippen MR) is 117 cm³/mol. The first-order valence-electron chi connectivity index (χ1n) is 10.5. The van der Waals surface area contributed by atoms with E-state index < -0.39 is 0 Å². The Morgan fingerprint density at radius 2 is 1.83 bits per heavy atom. The molecule has 1 aromatic heterocycles.